The molecule has 1 N–H and O–H groups in total. The zero-order valence-electron chi connectivity index (χ0n) is 14.4. The Morgan fingerprint density at radius 1 is 1.20 bits per heavy atom. The minimum Gasteiger partial charge on any atom is -0.497 e. The molecule has 130 valence electrons. The molecule has 5 nitrogen and oxygen atoms in total. The highest BCUT2D eigenvalue weighted by molar-refractivity contribution is 5.97. The Morgan fingerprint density at radius 2 is 2.04 bits per heavy atom. The van der Waals surface area contributed by atoms with Crippen LogP contribution in [0.25, 0.3) is 0 Å². The predicted octanol–water partition coefficient (Wildman–Crippen LogP) is 3.39. The first-order valence-electron chi connectivity index (χ1n) is 8.80. The third-order valence-electron chi connectivity index (χ3n) is 5.08. The highest BCUT2D eigenvalue weighted by Crippen LogP contribution is 2.39. The van der Waals surface area contributed by atoms with Gasteiger partial charge in [0.1, 0.15) is 5.75 Å². The molecule has 2 aromatic carbocycles. The molecular weight excluding hydrogens is 314 g/mol. The molecule has 2 aliphatic heterocycles. The number of nitrogens with zero attached hydrogens (tertiary/aromatic N) is 2. The highest BCUT2D eigenvalue weighted by atomic mass is 16.5. The van der Waals surface area contributed by atoms with Crippen molar-refractivity contribution in [2.24, 2.45) is 0 Å². The van der Waals surface area contributed by atoms with Crippen LogP contribution in [0.1, 0.15) is 18.4 Å². The van der Waals surface area contributed by atoms with E-state index in [9.17, 15) is 4.79 Å². The number of carbonyl (C=O) groups is 1. The van der Waals surface area contributed by atoms with Crippen LogP contribution in [0.2, 0.25) is 0 Å². The van der Waals surface area contributed by atoms with E-state index in [0.29, 0.717) is 12.6 Å². The number of ether oxygens (including phenoxy) is 1. The van der Waals surface area contributed by atoms with Gasteiger partial charge in [0.25, 0.3) is 0 Å². The number of fused-ring (bicyclic) bond motifs is 3. The number of carbonyl (C=O) groups excluding carboxylic acids is 1. The van der Waals surface area contributed by atoms with Crippen molar-refractivity contribution in [3.63, 3.8) is 0 Å². The van der Waals surface area contributed by atoms with Crippen LogP contribution in [0.5, 0.6) is 5.75 Å². The first kappa shape index (κ1) is 15.8. The lowest BCUT2D eigenvalue weighted by molar-refractivity contribution is 0.245. The van der Waals surface area contributed by atoms with Crippen LogP contribution in [0.4, 0.5) is 16.2 Å². The summed E-state index contributed by atoms with van der Waals surface area (Å²) in [7, 11) is 1.65. The monoisotopic (exact) mass is 337 g/mol. The average Bonchev–Trinajstić information content (AvgIpc) is 3.14. The maximum Gasteiger partial charge on any atom is 0.322 e. The van der Waals surface area contributed by atoms with E-state index in [4.69, 9.17) is 4.74 Å². The molecule has 2 amide bonds. The number of anilines is 2. The molecule has 0 spiro atoms. The van der Waals surface area contributed by atoms with Gasteiger partial charge in [-0.2, -0.15) is 0 Å². The Kier molecular flexibility index (Phi) is 4.22. The van der Waals surface area contributed by atoms with E-state index in [1.165, 1.54) is 12.1 Å². The van der Waals surface area contributed by atoms with Crippen molar-refractivity contribution in [1.29, 1.82) is 0 Å². The largest absolute Gasteiger partial charge is 0.497 e. The Hall–Kier alpha value is -2.69. The quantitative estimate of drug-likeness (QED) is 0.934. The molecule has 2 aliphatic rings. The number of amides is 2. The van der Waals surface area contributed by atoms with E-state index >= 15 is 0 Å². The van der Waals surface area contributed by atoms with Gasteiger partial charge in [-0.1, -0.05) is 24.3 Å². The second-order valence-corrected chi connectivity index (χ2v) is 6.60. The first-order valence-corrected chi connectivity index (χ1v) is 8.80. The summed E-state index contributed by atoms with van der Waals surface area (Å²) in [6.45, 7) is 2.32. The van der Waals surface area contributed by atoms with E-state index in [-0.39, 0.29) is 6.03 Å². The summed E-state index contributed by atoms with van der Waals surface area (Å²) >= 11 is 0. The van der Waals surface area contributed by atoms with Crippen LogP contribution in [0.15, 0.2) is 48.5 Å². The van der Waals surface area contributed by atoms with Crippen molar-refractivity contribution >= 4 is 17.4 Å². The molecule has 5 heteroatoms. The number of para-hydroxylation sites is 2. The van der Waals surface area contributed by atoms with Gasteiger partial charge in [-0.3, -0.25) is 4.90 Å². The highest BCUT2D eigenvalue weighted by Gasteiger charge is 2.35. The Labute approximate surface area is 148 Å². The Morgan fingerprint density at radius 3 is 2.88 bits per heavy atom. The zero-order valence-corrected chi connectivity index (χ0v) is 14.4. The van der Waals surface area contributed by atoms with E-state index < -0.39 is 0 Å². The summed E-state index contributed by atoms with van der Waals surface area (Å²) in [6, 6.07) is 16.4. The van der Waals surface area contributed by atoms with Crippen LogP contribution >= 0.6 is 0 Å². The maximum absolute atomic E-state index is 12.8. The van der Waals surface area contributed by atoms with Crippen LogP contribution < -0.4 is 19.9 Å². The maximum atomic E-state index is 12.8. The molecule has 0 aromatic heterocycles. The number of methoxy groups -OCH3 is 1. The van der Waals surface area contributed by atoms with E-state index in [1.807, 2.05) is 47.4 Å². The molecular formula is C20H23N3O2. The number of hydrogen-bond donors (Lipinski definition) is 1. The summed E-state index contributed by atoms with van der Waals surface area (Å²) in [4.78, 5) is 17.2. The van der Waals surface area contributed by atoms with E-state index in [1.54, 1.807) is 7.11 Å². The summed E-state index contributed by atoms with van der Waals surface area (Å²) in [6.07, 6.45) is 2.34. The average molecular weight is 337 g/mol. The summed E-state index contributed by atoms with van der Waals surface area (Å²) in [5, 5.41) is 3.05. The zero-order chi connectivity index (χ0) is 17.2. The van der Waals surface area contributed by atoms with Crippen molar-refractivity contribution in [3.05, 3.63) is 54.1 Å². The standard InChI is InChI=1S/C20H23N3O2/c1-25-17-8-4-6-15(12-17)13-21-20(24)23-14-16-7-5-11-22(16)18-9-2-3-10-19(18)23/h2-4,6,8-10,12,16H,5,7,11,13-14H2,1H3,(H,21,24). The molecule has 2 heterocycles. The minimum absolute atomic E-state index is 0.0400. The van der Waals surface area contributed by atoms with Crippen LogP contribution in [-0.2, 0) is 6.54 Å². The topological polar surface area (TPSA) is 44.8 Å². The first-order chi connectivity index (χ1) is 12.3. The third-order valence-corrected chi connectivity index (χ3v) is 5.08. The Bertz CT molecular complexity index is 777. The molecule has 1 saturated heterocycles. The van der Waals surface area contributed by atoms with Gasteiger partial charge < -0.3 is 15.0 Å². The fourth-order valence-corrected chi connectivity index (χ4v) is 3.83. The van der Waals surface area contributed by atoms with Gasteiger partial charge in [0, 0.05) is 25.7 Å². The molecule has 0 bridgehead atoms. The van der Waals surface area contributed by atoms with Crippen LogP contribution in [-0.4, -0.2) is 32.3 Å². The van der Waals surface area contributed by atoms with Gasteiger partial charge >= 0.3 is 6.03 Å². The summed E-state index contributed by atoms with van der Waals surface area (Å²) < 4.78 is 5.24. The second kappa shape index (κ2) is 6.67. The molecule has 1 atom stereocenters. The van der Waals surface area contributed by atoms with Crippen molar-refractivity contribution in [1.82, 2.24) is 5.32 Å². The molecule has 2 aromatic rings. The molecule has 1 unspecified atom stereocenters. The van der Waals surface area contributed by atoms with Gasteiger partial charge in [-0.25, -0.2) is 4.79 Å². The smallest absolute Gasteiger partial charge is 0.322 e. The molecule has 25 heavy (non-hydrogen) atoms. The molecule has 1 fully saturated rings. The molecule has 0 saturated carbocycles. The number of benzene rings is 2. The lowest BCUT2D eigenvalue weighted by Gasteiger charge is -2.40. The van der Waals surface area contributed by atoms with Crippen molar-refractivity contribution in [3.8, 4) is 5.75 Å². The number of urea groups is 1. The predicted molar refractivity (Wildman–Crippen MR) is 99.4 cm³/mol. The van der Waals surface area contributed by atoms with Gasteiger partial charge in [0.2, 0.25) is 0 Å². The van der Waals surface area contributed by atoms with Crippen LogP contribution in [0, 0.1) is 0 Å². The molecule has 0 radical (unpaired) electrons. The molecule has 0 aliphatic carbocycles. The van der Waals surface area contributed by atoms with Gasteiger partial charge in [0.05, 0.1) is 18.5 Å². The van der Waals surface area contributed by atoms with Crippen LogP contribution in [0.3, 0.4) is 0 Å². The minimum atomic E-state index is -0.0400. The van der Waals surface area contributed by atoms with Crippen molar-refractivity contribution < 1.29 is 9.53 Å². The lowest BCUT2D eigenvalue weighted by Crippen LogP contribution is -2.51. The normalized spacial score (nSPS) is 18.5. The van der Waals surface area contributed by atoms with Gasteiger partial charge in [0.15, 0.2) is 0 Å². The van der Waals surface area contributed by atoms with Gasteiger partial charge in [-0.05, 0) is 42.7 Å². The fraction of sp³-hybridized carbons (Fsp3) is 0.350. The fourth-order valence-electron chi connectivity index (χ4n) is 3.83. The van der Waals surface area contributed by atoms with Crippen molar-refractivity contribution in [2.45, 2.75) is 25.4 Å². The molecule has 4 rings (SSSR count). The SMILES string of the molecule is COc1cccc(CNC(=O)N2CC3CCCN3c3ccccc32)c1. The number of hydrogen-bond acceptors (Lipinski definition) is 3. The van der Waals surface area contributed by atoms with E-state index in [2.05, 4.69) is 16.3 Å². The Balaban J connectivity index is 1.51. The number of nitrogens with one attached hydrogen (secondary N) is 1. The van der Waals surface area contributed by atoms with E-state index in [0.717, 1.165) is 36.5 Å². The van der Waals surface area contributed by atoms with Crippen molar-refractivity contribution in [2.75, 3.05) is 30.0 Å². The lowest BCUT2D eigenvalue weighted by atomic mass is 10.1. The second-order valence-electron chi connectivity index (χ2n) is 6.60. The third kappa shape index (κ3) is 3.02. The summed E-state index contributed by atoms with van der Waals surface area (Å²) in [5.74, 6) is 0.802. The van der Waals surface area contributed by atoms with Gasteiger partial charge in [-0.15, -0.1) is 0 Å². The summed E-state index contributed by atoms with van der Waals surface area (Å²) in [5.41, 5.74) is 3.21. The number of rotatable bonds is 3.